The third-order valence-corrected chi connectivity index (χ3v) is 7.50. The van der Waals surface area contributed by atoms with Gasteiger partial charge in [0.2, 0.25) is 0 Å². The fraction of sp³-hybridized carbons (Fsp3) is 0.625. The van der Waals surface area contributed by atoms with Gasteiger partial charge < -0.3 is 0 Å². The Labute approximate surface area is 118 Å². The number of rotatable bonds is 2. The van der Waals surface area contributed by atoms with E-state index in [2.05, 4.69) is 54.6 Å². The molecule has 2 aliphatic rings. The molecule has 1 aromatic carbocycles. The average molecular weight is 276 g/mol. The Kier molecular flexibility index (Phi) is 3.93. The lowest BCUT2D eigenvalue weighted by molar-refractivity contribution is 0.233. The number of hydrogen-bond donors (Lipinski definition) is 0. The van der Waals surface area contributed by atoms with Crippen molar-refractivity contribution >= 4 is 13.5 Å². The minimum absolute atomic E-state index is 0.273. The predicted octanol–water partition coefficient (Wildman–Crippen LogP) is 3.37. The third-order valence-electron chi connectivity index (χ3n) is 4.84. The molecule has 0 unspecified atom stereocenters. The van der Waals surface area contributed by atoms with Crippen LogP contribution in [0.25, 0.3) is 0 Å². The SMILES string of the molecule is CCc1ccccc1P1N(C)[C@@H]2CCCC[C@H]2N1C. The summed E-state index contributed by atoms with van der Waals surface area (Å²) in [7, 11) is 4.43. The summed E-state index contributed by atoms with van der Waals surface area (Å²) < 4.78 is 5.38. The van der Waals surface area contributed by atoms with E-state index >= 15 is 0 Å². The van der Waals surface area contributed by atoms with Gasteiger partial charge in [-0.15, -0.1) is 0 Å². The molecule has 0 amide bonds. The number of likely N-dealkylation sites (N-methyl/N-ethyl adjacent to an activating group) is 2. The van der Waals surface area contributed by atoms with Crippen molar-refractivity contribution in [3.8, 4) is 0 Å². The van der Waals surface area contributed by atoms with Crippen molar-refractivity contribution < 1.29 is 0 Å². The van der Waals surface area contributed by atoms with Crippen LogP contribution in [0.15, 0.2) is 24.3 Å². The Morgan fingerprint density at radius 3 is 2.21 bits per heavy atom. The highest BCUT2D eigenvalue weighted by atomic mass is 31.1. The van der Waals surface area contributed by atoms with Gasteiger partial charge in [0.15, 0.2) is 0 Å². The fourth-order valence-electron chi connectivity index (χ4n) is 3.81. The number of benzene rings is 1. The Hall–Kier alpha value is -0.430. The molecule has 0 radical (unpaired) electrons. The number of hydrogen-bond acceptors (Lipinski definition) is 2. The summed E-state index contributed by atoms with van der Waals surface area (Å²) in [5.41, 5.74) is 1.53. The molecule has 104 valence electrons. The first-order valence-electron chi connectivity index (χ1n) is 7.57. The number of fused-ring (bicyclic) bond motifs is 1. The quantitative estimate of drug-likeness (QED) is 0.764. The summed E-state index contributed by atoms with van der Waals surface area (Å²) in [5.74, 6) is 0. The van der Waals surface area contributed by atoms with Crippen LogP contribution >= 0.6 is 8.22 Å². The molecular formula is C16H25N2P. The second kappa shape index (κ2) is 5.52. The van der Waals surface area contributed by atoms with Gasteiger partial charge >= 0.3 is 0 Å². The van der Waals surface area contributed by atoms with E-state index in [9.17, 15) is 0 Å². The number of nitrogens with zero attached hydrogens (tertiary/aromatic N) is 2. The molecule has 0 aromatic heterocycles. The van der Waals surface area contributed by atoms with Crippen LogP contribution in [0, 0.1) is 0 Å². The van der Waals surface area contributed by atoms with Crippen molar-refractivity contribution in [1.82, 2.24) is 9.34 Å². The second-order valence-corrected chi connectivity index (χ2v) is 8.16. The molecular weight excluding hydrogens is 251 g/mol. The molecule has 0 bridgehead atoms. The lowest BCUT2D eigenvalue weighted by Crippen LogP contribution is -2.37. The second-order valence-electron chi connectivity index (χ2n) is 5.84. The molecule has 1 aromatic rings. The minimum Gasteiger partial charge on any atom is -0.265 e. The summed E-state index contributed by atoms with van der Waals surface area (Å²) in [6, 6.07) is 10.6. The molecule has 2 atom stereocenters. The van der Waals surface area contributed by atoms with Gasteiger partial charge in [-0.25, -0.2) is 0 Å². The smallest absolute Gasteiger partial charge is 0.0728 e. The van der Waals surface area contributed by atoms with Crippen molar-refractivity contribution in [3.05, 3.63) is 29.8 Å². The summed E-state index contributed by atoms with van der Waals surface area (Å²) in [4.78, 5) is 0. The number of aryl methyl sites for hydroxylation is 1. The standard InChI is InChI=1S/C16H25N2P/c1-4-13-9-5-8-12-16(13)19-17(2)14-10-6-7-11-15(14)18(19)3/h5,8-9,12,14-15H,4,6-7,10-11H2,1-3H3/t14-,15-/m1/s1. The monoisotopic (exact) mass is 276 g/mol. The van der Waals surface area contributed by atoms with Gasteiger partial charge in [0, 0.05) is 17.4 Å². The first kappa shape index (κ1) is 13.5. The van der Waals surface area contributed by atoms with E-state index in [1.165, 1.54) is 31.2 Å². The molecule has 1 heterocycles. The van der Waals surface area contributed by atoms with Gasteiger partial charge in [-0.2, -0.15) is 0 Å². The highest BCUT2D eigenvalue weighted by Crippen LogP contribution is 2.54. The molecule has 1 aliphatic carbocycles. The normalized spacial score (nSPS) is 29.6. The lowest BCUT2D eigenvalue weighted by Gasteiger charge is -2.29. The summed E-state index contributed by atoms with van der Waals surface area (Å²) in [6.07, 6.45) is 6.75. The summed E-state index contributed by atoms with van der Waals surface area (Å²) >= 11 is 0. The first-order valence-corrected chi connectivity index (χ1v) is 8.82. The van der Waals surface area contributed by atoms with Crippen LogP contribution in [-0.2, 0) is 6.42 Å². The van der Waals surface area contributed by atoms with Gasteiger partial charge in [0.05, 0.1) is 8.22 Å². The van der Waals surface area contributed by atoms with Crippen LogP contribution in [0.1, 0.15) is 38.2 Å². The van der Waals surface area contributed by atoms with Gasteiger partial charge in [0.25, 0.3) is 0 Å². The van der Waals surface area contributed by atoms with Crippen molar-refractivity contribution in [1.29, 1.82) is 0 Å². The maximum Gasteiger partial charge on any atom is 0.0728 e. The Balaban J connectivity index is 1.95. The van der Waals surface area contributed by atoms with Crippen LogP contribution in [0.3, 0.4) is 0 Å². The fourth-order valence-corrected chi connectivity index (χ4v) is 6.75. The minimum atomic E-state index is -0.273. The van der Waals surface area contributed by atoms with E-state index in [0.29, 0.717) is 0 Å². The van der Waals surface area contributed by atoms with E-state index < -0.39 is 0 Å². The Bertz CT molecular complexity index is 430. The van der Waals surface area contributed by atoms with Gasteiger partial charge in [-0.05, 0) is 38.9 Å². The molecule has 3 rings (SSSR count). The highest BCUT2D eigenvalue weighted by molar-refractivity contribution is 7.61. The van der Waals surface area contributed by atoms with Crippen LogP contribution in [0.4, 0.5) is 0 Å². The Morgan fingerprint density at radius 2 is 1.63 bits per heavy atom. The predicted molar refractivity (Wildman–Crippen MR) is 83.9 cm³/mol. The molecule has 0 spiro atoms. The Morgan fingerprint density at radius 1 is 1.05 bits per heavy atom. The van der Waals surface area contributed by atoms with Gasteiger partial charge in [-0.3, -0.25) is 9.34 Å². The van der Waals surface area contributed by atoms with Crippen LogP contribution < -0.4 is 5.30 Å². The maximum atomic E-state index is 2.69. The molecule has 0 N–H and O–H groups in total. The topological polar surface area (TPSA) is 6.48 Å². The summed E-state index contributed by atoms with van der Waals surface area (Å²) in [6.45, 7) is 2.28. The summed E-state index contributed by atoms with van der Waals surface area (Å²) in [5, 5.41) is 1.58. The zero-order valence-corrected chi connectivity index (χ0v) is 13.2. The van der Waals surface area contributed by atoms with Crippen LogP contribution in [0.5, 0.6) is 0 Å². The van der Waals surface area contributed by atoms with E-state index in [4.69, 9.17) is 0 Å². The molecule has 1 saturated heterocycles. The zero-order valence-electron chi connectivity index (χ0n) is 12.3. The molecule has 2 fully saturated rings. The van der Waals surface area contributed by atoms with Crippen molar-refractivity contribution in [2.45, 2.75) is 51.1 Å². The van der Waals surface area contributed by atoms with Gasteiger partial charge in [0.1, 0.15) is 0 Å². The van der Waals surface area contributed by atoms with E-state index in [1.54, 1.807) is 5.30 Å². The zero-order chi connectivity index (χ0) is 13.4. The van der Waals surface area contributed by atoms with Crippen molar-refractivity contribution in [2.75, 3.05) is 14.1 Å². The van der Waals surface area contributed by atoms with E-state index in [1.807, 2.05) is 0 Å². The molecule has 3 heteroatoms. The van der Waals surface area contributed by atoms with Crippen LogP contribution in [0.2, 0.25) is 0 Å². The van der Waals surface area contributed by atoms with Crippen molar-refractivity contribution in [3.63, 3.8) is 0 Å². The maximum absolute atomic E-state index is 2.69. The molecule has 19 heavy (non-hydrogen) atoms. The third kappa shape index (κ3) is 2.24. The first-order chi connectivity index (χ1) is 9.24. The molecule has 1 aliphatic heterocycles. The van der Waals surface area contributed by atoms with E-state index in [-0.39, 0.29) is 8.22 Å². The molecule has 1 saturated carbocycles. The highest BCUT2D eigenvalue weighted by Gasteiger charge is 2.45. The lowest BCUT2D eigenvalue weighted by atomic mass is 9.91. The average Bonchev–Trinajstić information content (AvgIpc) is 2.71. The van der Waals surface area contributed by atoms with Crippen molar-refractivity contribution in [2.24, 2.45) is 0 Å². The molecule has 2 nitrogen and oxygen atoms in total. The van der Waals surface area contributed by atoms with Crippen LogP contribution in [-0.4, -0.2) is 35.5 Å². The largest absolute Gasteiger partial charge is 0.265 e. The van der Waals surface area contributed by atoms with Gasteiger partial charge in [-0.1, -0.05) is 44.0 Å². The van der Waals surface area contributed by atoms with E-state index in [0.717, 1.165) is 18.5 Å².